The summed E-state index contributed by atoms with van der Waals surface area (Å²) in [5, 5.41) is 11.7. The van der Waals surface area contributed by atoms with Crippen LogP contribution in [0.4, 0.5) is 17.2 Å². The van der Waals surface area contributed by atoms with Crippen molar-refractivity contribution in [2.24, 2.45) is 5.73 Å². The Hall–Kier alpha value is -3.13. The van der Waals surface area contributed by atoms with Gasteiger partial charge in [0.2, 0.25) is 0 Å². The second-order valence-corrected chi connectivity index (χ2v) is 8.95. The Balaban J connectivity index is 1.32. The SMILES string of the molecule is NC1CCC(Nc2cc(Nc3ccc(C(=O)N4CCCCC4)cc3)c3nccn3n2)CC1. The molecule has 0 radical (unpaired) electrons. The number of carbonyl (C=O) groups is 1. The van der Waals surface area contributed by atoms with E-state index in [1.54, 1.807) is 10.7 Å². The normalized spacial score (nSPS) is 21.5. The fourth-order valence-electron chi connectivity index (χ4n) is 4.68. The topological polar surface area (TPSA) is 101 Å². The maximum absolute atomic E-state index is 12.7. The van der Waals surface area contributed by atoms with Crippen LogP contribution in [0.25, 0.3) is 5.65 Å². The summed E-state index contributed by atoms with van der Waals surface area (Å²) in [4.78, 5) is 19.1. The standard InChI is InChI=1S/C24H31N7O/c25-18-6-10-20(11-7-18)28-22-16-21(23-26-12-15-31(23)29-22)27-19-8-4-17(5-9-19)24(32)30-13-2-1-3-14-30/h4-5,8-9,12,15-16,18,20,27H,1-3,6-7,10-11,13-14,25H2,(H,28,29). The van der Waals surface area contributed by atoms with Gasteiger partial charge in [-0.25, -0.2) is 9.50 Å². The van der Waals surface area contributed by atoms with Crippen LogP contribution in [0, 0.1) is 0 Å². The van der Waals surface area contributed by atoms with Crippen molar-refractivity contribution in [3.05, 3.63) is 48.3 Å². The van der Waals surface area contributed by atoms with Crippen LogP contribution >= 0.6 is 0 Å². The molecule has 1 aromatic carbocycles. The maximum Gasteiger partial charge on any atom is 0.253 e. The number of likely N-dealkylation sites (tertiary alicyclic amines) is 1. The smallest absolute Gasteiger partial charge is 0.253 e. The Bertz CT molecular complexity index is 1060. The van der Waals surface area contributed by atoms with Gasteiger partial charge in [0.05, 0.1) is 5.69 Å². The molecule has 2 fully saturated rings. The number of nitrogens with one attached hydrogen (secondary N) is 2. The molecule has 0 spiro atoms. The summed E-state index contributed by atoms with van der Waals surface area (Å²) in [6, 6.07) is 10.4. The highest BCUT2D eigenvalue weighted by Gasteiger charge is 2.20. The molecule has 1 saturated heterocycles. The number of piperidine rings is 1. The van der Waals surface area contributed by atoms with E-state index >= 15 is 0 Å². The number of carbonyl (C=O) groups excluding carboxylic acids is 1. The Morgan fingerprint density at radius 2 is 1.78 bits per heavy atom. The number of amides is 1. The molecule has 2 aliphatic rings. The molecule has 0 atom stereocenters. The first kappa shape index (κ1) is 20.8. The molecule has 1 aliphatic carbocycles. The molecule has 8 heteroatoms. The summed E-state index contributed by atoms with van der Waals surface area (Å²) in [7, 11) is 0. The van der Waals surface area contributed by atoms with Crippen LogP contribution in [0.1, 0.15) is 55.3 Å². The lowest BCUT2D eigenvalue weighted by atomic mass is 9.92. The zero-order chi connectivity index (χ0) is 21.9. The van der Waals surface area contributed by atoms with Crippen molar-refractivity contribution in [2.45, 2.75) is 57.0 Å². The summed E-state index contributed by atoms with van der Waals surface area (Å²) < 4.78 is 1.79. The molecule has 4 N–H and O–H groups in total. The molecule has 0 bridgehead atoms. The van der Waals surface area contributed by atoms with Crippen LogP contribution < -0.4 is 16.4 Å². The van der Waals surface area contributed by atoms with Crippen molar-refractivity contribution < 1.29 is 4.79 Å². The first-order valence-electron chi connectivity index (χ1n) is 11.7. The minimum absolute atomic E-state index is 0.120. The van der Waals surface area contributed by atoms with E-state index in [0.29, 0.717) is 12.1 Å². The van der Waals surface area contributed by atoms with Gasteiger partial charge in [0.25, 0.3) is 5.91 Å². The van der Waals surface area contributed by atoms with Gasteiger partial charge in [-0.3, -0.25) is 4.79 Å². The number of anilines is 3. The number of nitrogens with two attached hydrogens (primary N) is 1. The van der Waals surface area contributed by atoms with Crippen molar-refractivity contribution >= 4 is 28.7 Å². The monoisotopic (exact) mass is 433 g/mol. The van der Waals surface area contributed by atoms with Crippen molar-refractivity contribution in [2.75, 3.05) is 23.7 Å². The van der Waals surface area contributed by atoms with Crippen LogP contribution in [0.3, 0.4) is 0 Å². The molecule has 1 amide bonds. The zero-order valence-electron chi connectivity index (χ0n) is 18.3. The predicted octanol–water partition coefficient (Wildman–Crippen LogP) is 3.78. The highest BCUT2D eigenvalue weighted by atomic mass is 16.2. The highest BCUT2D eigenvalue weighted by Crippen LogP contribution is 2.26. The Morgan fingerprint density at radius 3 is 2.53 bits per heavy atom. The summed E-state index contributed by atoms with van der Waals surface area (Å²) in [5.41, 5.74) is 9.31. The second kappa shape index (κ2) is 9.16. The number of fused-ring (bicyclic) bond motifs is 1. The van der Waals surface area contributed by atoms with Gasteiger partial charge in [0.15, 0.2) is 5.65 Å². The highest BCUT2D eigenvalue weighted by molar-refractivity contribution is 5.94. The van der Waals surface area contributed by atoms with Crippen molar-refractivity contribution in [3.8, 4) is 0 Å². The van der Waals surface area contributed by atoms with E-state index in [1.807, 2.05) is 41.4 Å². The Labute approximate surface area is 188 Å². The molecule has 3 heterocycles. The molecule has 2 aromatic heterocycles. The van der Waals surface area contributed by atoms with Crippen molar-refractivity contribution in [3.63, 3.8) is 0 Å². The van der Waals surface area contributed by atoms with E-state index in [-0.39, 0.29) is 5.91 Å². The van der Waals surface area contributed by atoms with Gasteiger partial charge in [-0.2, -0.15) is 0 Å². The van der Waals surface area contributed by atoms with Crippen molar-refractivity contribution in [1.82, 2.24) is 19.5 Å². The van der Waals surface area contributed by atoms with Crippen LogP contribution in [-0.2, 0) is 0 Å². The summed E-state index contributed by atoms with van der Waals surface area (Å²) in [6.07, 6.45) is 11.2. The molecule has 32 heavy (non-hydrogen) atoms. The molecular formula is C24H31N7O. The largest absolute Gasteiger partial charge is 0.366 e. The Morgan fingerprint density at radius 1 is 1.03 bits per heavy atom. The third kappa shape index (κ3) is 4.55. The fourth-order valence-corrected chi connectivity index (χ4v) is 4.68. The lowest BCUT2D eigenvalue weighted by Crippen LogP contribution is -2.35. The maximum atomic E-state index is 12.7. The summed E-state index contributed by atoms with van der Waals surface area (Å²) in [6.45, 7) is 1.72. The fraction of sp³-hybridized carbons (Fsp3) is 0.458. The van der Waals surface area contributed by atoms with E-state index in [4.69, 9.17) is 5.73 Å². The van der Waals surface area contributed by atoms with Crippen LogP contribution in [-0.4, -0.2) is 50.6 Å². The molecule has 1 saturated carbocycles. The number of hydrogen-bond acceptors (Lipinski definition) is 6. The van der Waals surface area contributed by atoms with Crippen molar-refractivity contribution in [1.29, 1.82) is 0 Å². The van der Waals surface area contributed by atoms with Gasteiger partial charge < -0.3 is 21.3 Å². The average Bonchev–Trinajstić information content (AvgIpc) is 3.30. The van der Waals surface area contributed by atoms with Gasteiger partial charge in [-0.05, 0) is 69.2 Å². The van der Waals surface area contributed by atoms with Gasteiger partial charge in [0, 0.05) is 54.9 Å². The van der Waals surface area contributed by atoms with Gasteiger partial charge >= 0.3 is 0 Å². The van der Waals surface area contributed by atoms with E-state index in [0.717, 1.165) is 80.0 Å². The summed E-state index contributed by atoms with van der Waals surface area (Å²) in [5.74, 6) is 0.935. The third-order valence-corrected chi connectivity index (χ3v) is 6.54. The lowest BCUT2D eigenvalue weighted by Gasteiger charge is -2.27. The Kier molecular flexibility index (Phi) is 5.94. The number of rotatable bonds is 5. The molecule has 1 aliphatic heterocycles. The molecule has 8 nitrogen and oxygen atoms in total. The predicted molar refractivity (Wildman–Crippen MR) is 126 cm³/mol. The number of nitrogens with zero attached hydrogens (tertiary/aromatic N) is 4. The zero-order valence-corrected chi connectivity index (χ0v) is 18.3. The van der Waals surface area contributed by atoms with Gasteiger partial charge in [-0.15, -0.1) is 5.10 Å². The molecule has 0 unspecified atom stereocenters. The molecule has 3 aromatic rings. The first-order chi connectivity index (χ1) is 15.7. The van der Waals surface area contributed by atoms with Crippen LogP contribution in [0.15, 0.2) is 42.7 Å². The van der Waals surface area contributed by atoms with Gasteiger partial charge in [-0.1, -0.05) is 0 Å². The number of benzene rings is 1. The van der Waals surface area contributed by atoms with E-state index in [9.17, 15) is 4.79 Å². The van der Waals surface area contributed by atoms with E-state index < -0.39 is 0 Å². The lowest BCUT2D eigenvalue weighted by molar-refractivity contribution is 0.0724. The number of hydrogen-bond donors (Lipinski definition) is 3. The minimum Gasteiger partial charge on any atom is -0.366 e. The number of aromatic nitrogens is 3. The van der Waals surface area contributed by atoms with E-state index in [2.05, 4.69) is 20.7 Å². The average molecular weight is 434 g/mol. The number of imidazole rings is 1. The molecular weight excluding hydrogens is 402 g/mol. The minimum atomic E-state index is 0.120. The third-order valence-electron chi connectivity index (χ3n) is 6.54. The quantitative estimate of drug-likeness (QED) is 0.566. The molecule has 168 valence electrons. The summed E-state index contributed by atoms with van der Waals surface area (Å²) >= 11 is 0. The van der Waals surface area contributed by atoms with E-state index in [1.165, 1.54) is 6.42 Å². The molecule has 5 rings (SSSR count). The van der Waals surface area contributed by atoms with Gasteiger partial charge in [0.1, 0.15) is 5.82 Å². The van der Waals surface area contributed by atoms with Crippen LogP contribution in [0.2, 0.25) is 0 Å². The van der Waals surface area contributed by atoms with Crippen LogP contribution in [0.5, 0.6) is 0 Å². The first-order valence-corrected chi connectivity index (χ1v) is 11.7. The second-order valence-electron chi connectivity index (χ2n) is 8.95.